The molecule has 1 saturated heterocycles. The van der Waals surface area contributed by atoms with E-state index >= 15 is 0 Å². The number of aliphatic hydroxyl groups is 1. The molecule has 1 aliphatic heterocycles. The fraction of sp³-hybridized carbons (Fsp3) is 0.944. The lowest BCUT2D eigenvalue weighted by Crippen LogP contribution is -2.36. The number of aliphatic hydroxyl groups excluding tert-OH is 1. The van der Waals surface area contributed by atoms with Gasteiger partial charge in [-0.15, -0.1) is 0 Å². The van der Waals surface area contributed by atoms with Crippen molar-refractivity contribution in [2.24, 2.45) is 17.3 Å². The fourth-order valence-electron chi connectivity index (χ4n) is 4.52. The smallest absolute Gasteiger partial charge is 0.158 e. The van der Waals surface area contributed by atoms with Gasteiger partial charge in [-0.2, -0.15) is 0 Å². The van der Waals surface area contributed by atoms with E-state index in [0.29, 0.717) is 11.8 Å². The zero-order chi connectivity index (χ0) is 15.1. The van der Waals surface area contributed by atoms with E-state index in [2.05, 4.69) is 12.2 Å². The lowest BCUT2D eigenvalue weighted by Gasteiger charge is -2.43. The highest BCUT2D eigenvalue weighted by molar-refractivity contribution is 5.79. The van der Waals surface area contributed by atoms with Crippen LogP contribution < -0.4 is 5.32 Å². The van der Waals surface area contributed by atoms with Gasteiger partial charge in [0.2, 0.25) is 0 Å². The van der Waals surface area contributed by atoms with Crippen LogP contribution in [0.5, 0.6) is 0 Å². The molecule has 0 bridgehead atoms. The van der Waals surface area contributed by atoms with Crippen molar-refractivity contribution in [2.45, 2.75) is 71.1 Å². The van der Waals surface area contributed by atoms with Crippen molar-refractivity contribution >= 4 is 5.78 Å². The number of ketones is 1. The van der Waals surface area contributed by atoms with Gasteiger partial charge in [-0.3, -0.25) is 4.79 Å². The first-order valence-electron chi connectivity index (χ1n) is 8.97. The third-order valence-electron chi connectivity index (χ3n) is 5.96. The van der Waals surface area contributed by atoms with Gasteiger partial charge in [0.25, 0.3) is 0 Å². The van der Waals surface area contributed by atoms with Crippen LogP contribution in [-0.2, 0) is 4.79 Å². The Labute approximate surface area is 129 Å². The van der Waals surface area contributed by atoms with E-state index in [-0.39, 0.29) is 12.4 Å². The molecule has 0 aromatic carbocycles. The van der Waals surface area contributed by atoms with Crippen LogP contribution in [0, 0.1) is 17.3 Å². The van der Waals surface area contributed by atoms with Gasteiger partial charge in [0, 0.05) is 6.42 Å². The van der Waals surface area contributed by atoms with Gasteiger partial charge in [0.15, 0.2) is 5.78 Å². The van der Waals surface area contributed by atoms with Crippen molar-refractivity contribution in [3.8, 4) is 0 Å². The van der Waals surface area contributed by atoms with Crippen molar-refractivity contribution in [1.82, 2.24) is 5.32 Å². The van der Waals surface area contributed by atoms with Crippen molar-refractivity contribution < 1.29 is 9.90 Å². The molecule has 1 atom stereocenters. The Balaban J connectivity index is 1.98. The second kappa shape index (κ2) is 8.28. The molecule has 3 heteroatoms. The number of piperidine rings is 1. The van der Waals surface area contributed by atoms with Crippen LogP contribution in [0.15, 0.2) is 0 Å². The Hall–Kier alpha value is -0.410. The summed E-state index contributed by atoms with van der Waals surface area (Å²) < 4.78 is 0. The average Bonchev–Trinajstić information content (AvgIpc) is 2.54. The summed E-state index contributed by atoms with van der Waals surface area (Å²) in [5, 5.41) is 12.5. The summed E-state index contributed by atoms with van der Waals surface area (Å²) in [7, 11) is 0. The number of rotatable bonds is 7. The second-order valence-corrected chi connectivity index (χ2v) is 7.58. The second-order valence-electron chi connectivity index (χ2n) is 7.58. The first-order chi connectivity index (χ1) is 10.1. The molecular weight excluding hydrogens is 262 g/mol. The van der Waals surface area contributed by atoms with Crippen LogP contribution in [0.1, 0.15) is 71.1 Å². The third-order valence-corrected chi connectivity index (χ3v) is 5.96. The third kappa shape index (κ3) is 5.07. The number of hydrogen-bond donors (Lipinski definition) is 2. The first-order valence-corrected chi connectivity index (χ1v) is 8.97. The molecule has 0 spiro atoms. The molecule has 1 saturated carbocycles. The number of nitrogens with one attached hydrogen (secondary N) is 1. The molecule has 3 nitrogen and oxygen atoms in total. The van der Waals surface area contributed by atoms with Gasteiger partial charge in [0.05, 0.1) is 0 Å². The summed E-state index contributed by atoms with van der Waals surface area (Å²) >= 11 is 0. The lowest BCUT2D eigenvalue weighted by molar-refractivity contribution is -0.122. The van der Waals surface area contributed by atoms with E-state index in [1.807, 2.05) is 0 Å². The Morgan fingerprint density at radius 1 is 1.14 bits per heavy atom. The largest absolute Gasteiger partial charge is 0.389 e. The van der Waals surface area contributed by atoms with Gasteiger partial charge in [-0.1, -0.05) is 26.2 Å². The quantitative estimate of drug-likeness (QED) is 0.757. The first kappa shape index (κ1) is 17.0. The molecule has 0 aromatic heterocycles. The van der Waals surface area contributed by atoms with Crippen molar-refractivity contribution in [1.29, 1.82) is 0 Å². The fourth-order valence-corrected chi connectivity index (χ4v) is 4.52. The molecule has 0 aromatic rings. The van der Waals surface area contributed by atoms with Crippen LogP contribution in [0.2, 0.25) is 0 Å². The standard InChI is InChI=1S/C18H33NO2/c1-18(10-7-17(21)14-20,16-5-3-2-4-6-16)13-15-8-11-19-12-9-15/h15-16,19-20H,2-14H2,1H3/t18-/m1/s1. The molecule has 1 heterocycles. The van der Waals surface area contributed by atoms with E-state index in [4.69, 9.17) is 5.11 Å². The van der Waals surface area contributed by atoms with Crippen LogP contribution in [0.25, 0.3) is 0 Å². The van der Waals surface area contributed by atoms with E-state index in [0.717, 1.165) is 31.3 Å². The Bertz CT molecular complexity index is 319. The summed E-state index contributed by atoms with van der Waals surface area (Å²) in [6.07, 6.45) is 12.2. The number of carbonyl (C=O) groups excluding carboxylic acids is 1. The van der Waals surface area contributed by atoms with E-state index in [1.165, 1.54) is 51.4 Å². The topological polar surface area (TPSA) is 49.3 Å². The van der Waals surface area contributed by atoms with E-state index in [1.54, 1.807) is 0 Å². The summed E-state index contributed by atoms with van der Waals surface area (Å²) in [5.41, 5.74) is 0.299. The molecule has 0 amide bonds. The molecule has 21 heavy (non-hydrogen) atoms. The van der Waals surface area contributed by atoms with Crippen molar-refractivity contribution in [3.63, 3.8) is 0 Å². The van der Waals surface area contributed by atoms with Gasteiger partial charge in [-0.05, 0) is 68.9 Å². The van der Waals surface area contributed by atoms with Gasteiger partial charge in [-0.25, -0.2) is 0 Å². The predicted molar refractivity (Wildman–Crippen MR) is 86.2 cm³/mol. The molecule has 0 unspecified atom stereocenters. The number of carbonyl (C=O) groups is 1. The minimum atomic E-state index is -0.284. The molecule has 2 rings (SSSR count). The Morgan fingerprint density at radius 3 is 2.43 bits per heavy atom. The molecule has 2 N–H and O–H groups in total. The molecule has 2 fully saturated rings. The predicted octanol–water partition coefficient (Wildman–Crippen LogP) is 3.30. The summed E-state index contributed by atoms with van der Waals surface area (Å²) in [6.45, 7) is 4.45. The lowest BCUT2D eigenvalue weighted by atomic mass is 9.63. The maximum Gasteiger partial charge on any atom is 0.158 e. The maximum atomic E-state index is 11.6. The van der Waals surface area contributed by atoms with Gasteiger partial charge < -0.3 is 10.4 Å². The van der Waals surface area contributed by atoms with Crippen molar-refractivity contribution in [3.05, 3.63) is 0 Å². The van der Waals surface area contributed by atoms with Crippen LogP contribution in [0.4, 0.5) is 0 Å². The average molecular weight is 295 g/mol. The molecule has 1 aliphatic carbocycles. The van der Waals surface area contributed by atoms with Gasteiger partial charge in [0.1, 0.15) is 6.61 Å². The Kier molecular flexibility index (Phi) is 6.69. The van der Waals surface area contributed by atoms with E-state index < -0.39 is 0 Å². The molecule has 122 valence electrons. The van der Waals surface area contributed by atoms with E-state index in [9.17, 15) is 4.79 Å². The minimum Gasteiger partial charge on any atom is -0.389 e. The molecular formula is C18H33NO2. The highest BCUT2D eigenvalue weighted by atomic mass is 16.3. The molecule has 2 aliphatic rings. The maximum absolute atomic E-state index is 11.6. The summed E-state index contributed by atoms with van der Waals surface area (Å²) in [6, 6.07) is 0. The number of Topliss-reactive ketones (excluding diaryl/α,β-unsaturated/α-hetero) is 1. The summed E-state index contributed by atoms with van der Waals surface area (Å²) in [5.74, 6) is 1.62. The SMILES string of the molecule is C[C@@](CCC(=O)CO)(CC1CCNCC1)C1CCCCC1. The minimum absolute atomic E-state index is 0.0161. The monoisotopic (exact) mass is 295 g/mol. The normalized spacial score (nSPS) is 24.7. The van der Waals surface area contributed by atoms with Crippen LogP contribution in [0.3, 0.4) is 0 Å². The summed E-state index contributed by atoms with van der Waals surface area (Å²) in [4.78, 5) is 11.6. The highest BCUT2D eigenvalue weighted by Crippen LogP contribution is 2.47. The van der Waals surface area contributed by atoms with Crippen LogP contribution in [-0.4, -0.2) is 30.6 Å². The van der Waals surface area contributed by atoms with Gasteiger partial charge >= 0.3 is 0 Å². The van der Waals surface area contributed by atoms with Crippen LogP contribution >= 0.6 is 0 Å². The highest BCUT2D eigenvalue weighted by Gasteiger charge is 2.37. The zero-order valence-electron chi connectivity index (χ0n) is 13.7. The van der Waals surface area contributed by atoms with Crippen molar-refractivity contribution in [2.75, 3.05) is 19.7 Å². The number of hydrogen-bond acceptors (Lipinski definition) is 3. The Morgan fingerprint density at radius 2 is 1.81 bits per heavy atom. The zero-order valence-corrected chi connectivity index (χ0v) is 13.7. The molecule has 0 radical (unpaired) electrons.